The summed E-state index contributed by atoms with van der Waals surface area (Å²) < 4.78 is 5.87. The average Bonchev–Trinajstić information content (AvgIpc) is 2.45. The molecule has 1 aromatic rings. The number of nitrogens with one attached hydrogen (secondary N) is 1. The van der Waals surface area contributed by atoms with Crippen molar-refractivity contribution >= 4 is 18.3 Å². The molecule has 1 saturated carbocycles. The number of halogens is 1. The second kappa shape index (κ2) is 8.72. The molecule has 0 saturated heterocycles. The fourth-order valence-corrected chi connectivity index (χ4v) is 3.27. The zero-order chi connectivity index (χ0) is 17.0. The van der Waals surface area contributed by atoms with E-state index in [0.29, 0.717) is 6.54 Å². The Morgan fingerprint density at radius 1 is 1.42 bits per heavy atom. The molecule has 0 heterocycles. The van der Waals surface area contributed by atoms with Gasteiger partial charge in [0.2, 0.25) is 5.91 Å². The lowest BCUT2D eigenvalue weighted by Crippen LogP contribution is -2.52. The van der Waals surface area contributed by atoms with Gasteiger partial charge in [0.1, 0.15) is 5.75 Å². The molecule has 2 unspecified atom stereocenters. The first-order valence-corrected chi connectivity index (χ1v) is 8.62. The van der Waals surface area contributed by atoms with Gasteiger partial charge in [0.15, 0.2) is 0 Å². The van der Waals surface area contributed by atoms with Crippen molar-refractivity contribution in [1.82, 2.24) is 5.32 Å². The first-order valence-electron chi connectivity index (χ1n) is 8.62. The summed E-state index contributed by atoms with van der Waals surface area (Å²) in [6.07, 6.45) is 4.09. The number of carbonyl (C=O) groups excluding carboxylic acids is 1. The van der Waals surface area contributed by atoms with Crippen LogP contribution in [0.3, 0.4) is 0 Å². The standard InChI is InChI=1S/C19H30N2O2.ClH/c1-13(2)23-17-11-14(3)8-9-15(17)12-21-18(22)16-7-5-6-10-19(16,4)20;/h8-9,11,13,16H,5-7,10,12,20H2,1-4H3,(H,21,22);1H. The molecule has 4 nitrogen and oxygen atoms in total. The van der Waals surface area contributed by atoms with E-state index in [1.165, 1.54) is 0 Å². The summed E-state index contributed by atoms with van der Waals surface area (Å²) >= 11 is 0. The number of ether oxygens (including phenoxy) is 1. The number of hydrogen-bond acceptors (Lipinski definition) is 3. The SMILES string of the molecule is Cc1ccc(CNC(=O)C2CCCCC2(C)N)c(OC(C)C)c1.Cl. The summed E-state index contributed by atoms with van der Waals surface area (Å²) in [4.78, 5) is 12.6. The molecule has 1 aromatic carbocycles. The molecule has 1 aliphatic rings. The molecule has 136 valence electrons. The minimum atomic E-state index is -0.396. The van der Waals surface area contributed by atoms with Crippen LogP contribution >= 0.6 is 12.4 Å². The topological polar surface area (TPSA) is 64.4 Å². The molecule has 0 aromatic heterocycles. The van der Waals surface area contributed by atoms with Crippen LogP contribution in [0.15, 0.2) is 18.2 Å². The van der Waals surface area contributed by atoms with Crippen molar-refractivity contribution in [2.24, 2.45) is 11.7 Å². The summed E-state index contributed by atoms with van der Waals surface area (Å²) in [5.41, 5.74) is 8.08. The third-order valence-electron chi connectivity index (χ3n) is 4.61. The number of aryl methyl sites for hydroxylation is 1. The summed E-state index contributed by atoms with van der Waals surface area (Å²) in [5.74, 6) is 0.807. The van der Waals surface area contributed by atoms with Crippen molar-refractivity contribution in [3.63, 3.8) is 0 Å². The Bertz CT molecular complexity index is 558. The smallest absolute Gasteiger partial charge is 0.225 e. The molecule has 1 fully saturated rings. The average molecular weight is 355 g/mol. The van der Waals surface area contributed by atoms with Gasteiger partial charge in [0, 0.05) is 17.6 Å². The molecule has 5 heteroatoms. The van der Waals surface area contributed by atoms with Crippen LogP contribution in [0.5, 0.6) is 5.75 Å². The molecule has 2 atom stereocenters. The van der Waals surface area contributed by atoms with Crippen LogP contribution in [0.2, 0.25) is 0 Å². The fraction of sp³-hybridized carbons (Fsp3) is 0.632. The Morgan fingerprint density at radius 3 is 2.75 bits per heavy atom. The van der Waals surface area contributed by atoms with E-state index in [9.17, 15) is 4.79 Å². The maximum Gasteiger partial charge on any atom is 0.225 e. The second-order valence-corrected chi connectivity index (χ2v) is 7.30. The largest absolute Gasteiger partial charge is 0.491 e. The zero-order valence-corrected chi connectivity index (χ0v) is 16.0. The molecule has 24 heavy (non-hydrogen) atoms. The fourth-order valence-electron chi connectivity index (χ4n) is 3.27. The van der Waals surface area contributed by atoms with E-state index in [2.05, 4.69) is 5.32 Å². The third-order valence-corrected chi connectivity index (χ3v) is 4.61. The number of amides is 1. The lowest BCUT2D eigenvalue weighted by atomic mass is 9.74. The lowest BCUT2D eigenvalue weighted by Gasteiger charge is -2.37. The van der Waals surface area contributed by atoms with Crippen LogP contribution in [-0.2, 0) is 11.3 Å². The highest BCUT2D eigenvalue weighted by molar-refractivity contribution is 5.85. The molecule has 1 aliphatic carbocycles. The van der Waals surface area contributed by atoms with Crippen LogP contribution in [0.1, 0.15) is 57.6 Å². The van der Waals surface area contributed by atoms with E-state index in [4.69, 9.17) is 10.5 Å². The van der Waals surface area contributed by atoms with E-state index in [0.717, 1.165) is 42.6 Å². The number of hydrogen-bond donors (Lipinski definition) is 2. The summed E-state index contributed by atoms with van der Waals surface area (Å²) in [6.45, 7) is 8.53. The van der Waals surface area contributed by atoms with Crippen LogP contribution in [0, 0.1) is 12.8 Å². The van der Waals surface area contributed by atoms with Crippen molar-refractivity contribution in [1.29, 1.82) is 0 Å². The van der Waals surface area contributed by atoms with Gasteiger partial charge in [-0.3, -0.25) is 4.79 Å². The van der Waals surface area contributed by atoms with Gasteiger partial charge >= 0.3 is 0 Å². The highest BCUT2D eigenvalue weighted by atomic mass is 35.5. The van der Waals surface area contributed by atoms with Gasteiger partial charge in [-0.2, -0.15) is 0 Å². The summed E-state index contributed by atoms with van der Waals surface area (Å²) in [6, 6.07) is 6.09. The highest BCUT2D eigenvalue weighted by Gasteiger charge is 2.37. The molecule has 1 amide bonds. The van der Waals surface area contributed by atoms with E-state index in [1.807, 2.05) is 45.9 Å². The van der Waals surface area contributed by atoms with Crippen molar-refractivity contribution < 1.29 is 9.53 Å². The maximum absolute atomic E-state index is 12.6. The zero-order valence-electron chi connectivity index (χ0n) is 15.2. The van der Waals surface area contributed by atoms with E-state index in [-0.39, 0.29) is 30.3 Å². The van der Waals surface area contributed by atoms with Crippen LogP contribution in [0.4, 0.5) is 0 Å². The molecular weight excluding hydrogens is 324 g/mol. The Labute approximate surface area is 151 Å². The summed E-state index contributed by atoms with van der Waals surface area (Å²) in [7, 11) is 0. The molecule has 3 N–H and O–H groups in total. The molecule has 0 aliphatic heterocycles. The summed E-state index contributed by atoms with van der Waals surface area (Å²) in [5, 5.41) is 3.06. The number of benzene rings is 1. The number of rotatable bonds is 5. The van der Waals surface area contributed by atoms with E-state index in [1.54, 1.807) is 0 Å². The molecule has 0 bridgehead atoms. The quantitative estimate of drug-likeness (QED) is 0.846. The highest BCUT2D eigenvalue weighted by Crippen LogP contribution is 2.32. The van der Waals surface area contributed by atoms with Gasteiger partial charge in [-0.05, 0) is 52.2 Å². The van der Waals surface area contributed by atoms with Gasteiger partial charge in [-0.15, -0.1) is 12.4 Å². The molecule has 0 radical (unpaired) electrons. The lowest BCUT2D eigenvalue weighted by molar-refractivity contribution is -0.128. The predicted octanol–water partition coefficient (Wildman–Crippen LogP) is 3.73. The first-order chi connectivity index (χ1) is 10.8. The first kappa shape index (κ1) is 20.8. The van der Waals surface area contributed by atoms with Gasteiger partial charge < -0.3 is 15.8 Å². The number of nitrogens with two attached hydrogens (primary N) is 1. The van der Waals surface area contributed by atoms with Gasteiger partial charge in [-0.25, -0.2) is 0 Å². The Hall–Kier alpha value is -1.26. The minimum absolute atomic E-state index is 0. The number of carbonyl (C=O) groups is 1. The van der Waals surface area contributed by atoms with E-state index >= 15 is 0 Å². The van der Waals surface area contributed by atoms with Gasteiger partial charge in [0.25, 0.3) is 0 Å². The maximum atomic E-state index is 12.6. The van der Waals surface area contributed by atoms with Gasteiger partial charge in [0.05, 0.1) is 12.0 Å². The molecular formula is C19H31ClN2O2. The van der Waals surface area contributed by atoms with Crippen molar-refractivity contribution in [3.05, 3.63) is 29.3 Å². The van der Waals surface area contributed by atoms with Crippen LogP contribution in [-0.4, -0.2) is 17.6 Å². The third kappa shape index (κ3) is 5.38. The van der Waals surface area contributed by atoms with Crippen LogP contribution < -0.4 is 15.8 Å². The van der Waals surface area contributed by atoms with Crippen molar-refractivity contribution in [2.75, 3.05) is 0 Å². The normalized spacial score (nSPS) is 23.5. The van der Waals surface area contributed by atoms with Crippen LogP contribution in [0.25, 0.3) is 0 Å². The van der Waals surface area contributed by atoms with Crippen molar-refractivity contribution in [2.45, 2.75) is 71.6 Å². The monoisotopic (exact) mass is 354 g/mol. The van der Waals surface area contributed by atoms with Gasteiger partial charge in [-0.1, -0.05) is 25.0 Å². The Morgan fingerprint density at radius 2 is 2.12 bits per heavy atom. The van der Waals surface area contributed by atoms with E-state index < -0.39 is 5.54 Å². The minimum Gasteiger partial charge on any atom is -0.491 e. The second-order valence-electron chi connectivity index (χ2n) is 7.30. The Kier molecular flexibility index (Phi) is 7.56. The molecule has 2 rings (SSSR count). The van der Waals surface area contributed by atoms with Crippen molar-refractivity contribution in [3.8, 4) is 5.75 Å². The Balaban J connectivity index is 0.00000288. The molecule has 0 spiro atoms. The predicted molar refractivity (Wildman–Crippen MR) is 101 cm³/mol.